The first-order valence-corrected chi connectivity index (χ1v) is 6.86. The molecule has 1 aliphatic rings. The number of hydrogen-bond acceptors (Lipinski definition) is 3. The van der Waals surface area contributed by atoms with Gasteiger partial charge in [-0.1, -0.05) is 25.7 Å². The van der Waals surface area contributed by atoms with Gasteiger partial charge in [0.2, 0.25) is 10.0 Å². The maximum atomic E-state index is 11.3. The summed E-state index contributed by atoms with van der Waals surface area (Å²) in [6, 6.07) is -0.0724. The Morgan fingerprint density at radius 1 is 1.20 bits per heavy atom. The van der Waals surface area contributed by atoms with Crippen molar-refractivity contribution in [2.45, 2.75) is 44.6 Å². The van der Waals surface area contributed by atoms with Gasteiger partial charge in [-0.3, -0.25) is 4.79 Å². The molecule has 0 bridgehead atoms. The van der Waals surface area contributed by atoms with Gasteiger partial charge >= 0.3 is 5.97 Å². The third-order valence-corrected chi connectivity index (χ3v) is 3.83. The molecule has 1 fully saturated rings. The largest absolute Gasteiger partial charge is 0.480 e. The van der Waals surface area contributed by atoms with Gasteiger partial charge in [0.05, 0.1) is 0 Å². The van der Waals surface area contributed by atoms with E-state index in [9.17, 15) is 13.2 Å². The van der Waals surface area contributed by atoms with Gasteiger partial charge in [-0.15, -0.1) is 0 Å². The number of sulfonamides is 1. The van der Waals surface area contributed by atoms with Crippen LogP contribution in [0.3, 0.4) is 0 Å². The summed E-state index contributed by atoms with van der Waals surface area (Å²) in [5.41, 5.74) is 0. The molecule has 2 N–H and O–H groups in total. The minimum atomic E-state index is -3.65. The zero-order valence-corrected chi connectivity index (χ0v) is 9.42. The smallest absolute Gasteiger partial charge is 0.320 e. The first-order chi connectivity index (χ1) is 6.99. The molecule has 0 amide bonds. The highest BCUT2D eigenvalue weighted by atomic mass is 32.2. The van der Waals surface area contributed by atoms with Gasteiger partial charge in [0.25, 0.3) is 0 Å². The molecule has 0 aromatic carbocycles. The number of carboxylic acids is 1. The van der Waals surface area contributed by atoms with Crippen LogP contribution in [0.5, 0.6) is 0 Å². The average molecular weight is 235 g/mol. The van der Waals surface area contributed by atoms with E-state index in [-0.39, 0.29) is 6.04 Å². The van der Waals surface area contributed by atoms with Crippen LogP contribution in [0.25, 0.3) is 0 Å². The lowest BCUT2D eigenvalue weighted by atomic mass is 10.1. The first kappa shape index (κ1) is 12.4. The van der Waals surface area contributed by atoms with Gasteiger partial charge in [0, 0.05) is 6.04 Å². The van der Waals surface area contributed by atoms with Gasteiger partial charge in [0.15, 0.2) is 5.75 Å². The molecule has 1 rings (SSSR count). The number of carboxylic acid groups (broad SMARTS) is 1. The third kappa shape index (κ3) is 5.13. The Balaban J connectivity index is 2.48. The monoisotopic (exact) mass is 235 g/mol. The summed E-state index contributed by atoms with van der Waals surface area (Å²) in [4.78, 5) is 10.3. The molecule has 0 aromatic rings. The number of rotatable bonds is 4. The molecule has 0 aliphatic heterocycles. The van der Waals surface area contributed by atoms with Crippen molar-refractivity contribution in [2.75, 3.05) is 5.75 Å². The lowest BCUT2D eigenvalue weighted by Crippen LogP contribution is -2.37. The molecular weight excluding hydrogens is 218 g/mol. The molecule has 6 heteroatoms. The molecule has 0 saturated heterocycles. The van der Waals surface area contributed by atoms with Crippen molar-refractivity contribution in [1.82, 2.24) is 4.72 Å². The van der Waals surface area contributed by atoms with Crippen LogP contribution in [0.2, 0.25) is 0 Å². The van der Waals surface area contributed by atoms with E-state index in [1.165, 1.54) is 0 Å². The van der Waals surface area contributed by atoms with E-state index in [4.69, 9.17) is 5.11 Å². The highest BCUT2D eigenvalue weighted by Gasteiger charge is 2.21. The first-order valence-electron chi connectivity index (χ1n) is 5.21. The second-order valence-corrected chi connectivity index (χ2v) is 5.71. The molecule has 0 aromatic heterocycles. The zero-order valence-electron chi connectivity index (χ0n) is 8.61. The molecule has 15 heavy (non-hydrogen) atoms. The van der Waals surface area contributed by atoms with Gasteiger partial charge in [0.1, 0.15) is 0 Å². The molecule has 0 atom stereocenters. The van der Waals surface area contributed by atoms with Crippen molar-refractivity contribution >= 4 is 16.0 Å². The van der Waals surface area contributed by atoms with Crippen LogP contribution in [0.15, 0.2) is 0 Å². The summed E-state index contributed by atoms with van der Waals surface area (Å²) >= 11 is 0. The van der Waals surface area contributed by atoms with Crippen LogP contribution in [-0.4, -0.2) is 31.3 Å². The fourth-order valence-corrected chi connectivity index (χ4v) is 3.01. The van der Waals surface area contributed by atoms with E-state index >= 15 is 0 Å². The standard InChI is InChI=1S/C9H17NO4S/c11-9(12)7-15(13,14)10-8-5-3-1-2-4-6-8/h8,10H,1-7H2,(H,11,12). The maximum absolute atomic E-state index is 11.3. The second kappa shape index (κ2) is 5.46. The van der Waals surface area contributed by atoms with Crippen molar-refractivity contribution in [1.29, 1.82) is 0 Å². The van der Waals surface area contributed by atoms with Crippen molar-refractivity contribution in [3.63, 3.8) is 0 Å². The lowest BCUT2D eigenvalue weighted by molar-refractivity contribution is -0.134. The Labute approximate surface area is 89.9 Å². The predicted octanol–water partition coefficient (Wildman–Crippen LogP) is 0.713. The highest BCUT2D eigenvalue weighted by Crippen LogP contribution is 2.17. The van der Waals surface area contributed by atoms with E-state index in [1.54, 1.807) is 0 Å². The summed E-state index contributed by atoms with van der Waals surface area (Å²) in [6.07, 6.45) is 5.94. The molecular formula is C9H17NO4S. The van der Waals surface area contributed by atoms with Crippen LogP contribution in [-0.2, 0) is 14.8 Å². The molecule has 0 spiro atoms. The summed E-state index contributed by atoms with van der Waals surface area (Å²) in [6.45, 7) is 0. The molecule has 0 heterocycles. The average Bonchev–Trinajstić information content (AvgIpc) is 2.29. The van der Waals surface area contributed by atoms with Crippen molar-refractivity contribution in [2.24, 2.45) is 0 Å². The molecule has 0 radical (unpaired) electrons. The van der Waals surface area contributed by atoms with Crippen LogP contribution >= 0.6 is 0 Å². The number of nitrogens with one attached hydrogen (secondary N) is 1. The van der Waals surface area contributed by atoms with Gasteiger partial charge in [-0.2, -0.15) is 0 Å². The topological polar surface area (TPSA) is 83.5 Å². The maximum Gasteiger partial charge on any atom is 0.320 e. The third-order valence-electron chi connectivity index (χ3n) is 2.51. The Bertz CT molecular complexity index is 304. The number of aliphatic carboxylic acids is 1. The van der Waals surface area contributed by atoms with E-state index in [0.29, 0.717) is 0 Å². The van der Waals surface area contributed by atoms with Crippen molar-refractivity contribution in [3.8, 4) is 0 Å². The normalized spacial score (nSPS) is 19.7. The number of carbonyl (C=O) groups is 1. The second-order valence-electron chi connectivity index (χ2n) is 3.96. The summed E-state index contributed by atoms with van der Waals surface area (Å²) in [5.74, 6) is -2.14. The Morgan fingerprint density at radius 2 is 1.73 bits per heavy atom. The quantitative estimate of drug-likeness (QED) is 0.703. The molecule has 1 saturated carbocycles. The molecule has 1 aliphatic carbocycles. The van der Waals surface area contributed by atoms with Gasteiger partial charge in [-0.05, 0) is 12.8 Å². The molecule has 0 unspecified atom stereocenters. The van der Waals surface area contributed by atoms with Crippen LogP contribution in [0, 0.1) is 0 Å². The van der Waals surface area contributed by atoms with Crippen molar-refractivity contribution in [3.05, 3.63) is 0 Å². The van der Waals surface area contributed by atoms with E-state index in [1.807, 2.05) is 0 Å². The summed E-state index contributed by atoms with van der Waals surface area (Å²) in [7, 11) is -3.65. The summed E-state index contributed by atoms with van der Waals surface area (Å²) in [5, 5.41) is 8.41. The molecule has 5 nitrogen and oxygen atoms in total. The van der Waals surface area contributed by atoms with Gasteiger partial charge in [-0.25, -0.2) is 13.1 Å². The fraction of sp³-hybridized carbons (Fsp3) is 0.889. The summed E-state index contributed by atoms with van der Waals surface area (Å²) < 4.78 is 25.1. The van der Waals surface area contributed by atoms with Gasteiger partial charge < -0.3 is 5.11 Å². The van der Waals surface area contributed by atoms with Crippen LogP contribution in [0.1, 0.15) is 38.5 Å². The fourth-order valence-electron chi connectivity index (χ4n) is 1.86. The minimum absolute atomic E-state index is 0.0724. The van der Waals surface area contributed by atoms with Crippen LogP contribution < -0.4 is 4.72 Å². The van der Waals surface area contributed by atoms with Crippen molar-refractivity contribution < 1.29 is 18.3 Å². The van der Waals surface area contributed by atoms with Crippen LogP contribution in [0.4, 0.5) is 0 Å². The SMILES string of the molecule is O=C(O)CS(=O)(=O)NC1CCCCCC1. The Kier molecular flexibility index (Phi) is 4.53. The lowest BCUT2D eigenvalue weighted by Gasteiger charge is -2.15. The number of hydrogen-bond donors (Lipinski definition) is 2. The van der Waals surface area contributed by atoms with E-state index < -0.39 is 21.7 Å². The Hall–Kier alpha value is -0.620. The van der Waals surface area contributed by atoms with E-state index in [0.717, 1.165) is 38.5 Å². The Morgan fingerprint density at radius 3 is 2.20 bits per heavy atom. The predicted molar refractivity (Wildman–Crippen MR) is 56.0 cm³/mol. The minimum Gasteiger partial charge on any atom is -0.480 e. The molecule has 88 valence electrons. The zero-order chi connectivity index (χ0) is 11.3. The highest BCUT2D eigenvalue weighted by molar-refractivity contribution is 7.90. The van der Waals surface area contributed by atoms with E-state index in [2.05, 4.69) is 4.72 Å².